The fourth-order valence-electron chi connectivity index (χ4n) is 2.29. The third kappa shape index (κ3) is 3.56. The summed E-state index contributed by atoms with van der Waals surface area (Å²) in [4.78, 5) is 15.8. The zero-order valence-electron chi connectivity index (χ0n) is 11.1. The minimum atomic E-state index is -0.391. The molecule has 1 saturated heterocycles. The molecule has 106 valence electrons. The van der Waals surface area contributed by atoms with E-state index in [2.05, 4.69) is 9.80 Å². The molecule has 1 aliphatic heterocycles. The standard InChI is InChI=1S/C13H20N2O4/c1-10-8-11(17)13(18)12(19-10)9-15-4-2-14(3-5-15)6-7-16/h8,16,18H,2-7,9H2,1H3. The summed E-state index contributed by atoms with van der Waals surface area (Å²) in [6.45, 7) is 6.41. The number of β-amino-alcohol motifs (C(OH)–C–C–N with tert-alkyl or cyclic N) is 1. The van der Waals surface area contributed by atoms with E-state index in [1.807, 2.05) is 0 Å². The van der Waals surface area contributed by atoms with E-state index < -0.39 is 5.43 Å². The number of nitrogens with zero attached hydrogens (tertiary/aromatic N) is 2. The lowest BCUT2D eigenvalue weighted by Gasteiger charge is -2.33. The van der Waals surface area contributed by atoms with Gasteiger partial charge in [-0.2, -0.15) is 0 Å². The van der Waals surface area contributed by atoms with Gasteiger partial charge in [-0.3, -0.25) is 14.6 Å². The van der Waals surface area contributed by atoms with Gasteiger partial charge in [0.15, 0.2) is 5.76 Å². The Bertz CT molecular complexity index is 478. The summed E-state index contributed by atoms with van der Waals surface area (Å²) in [6.07, 6.45) is 0. The van der Waals surface area contributed by atoms with Crippen LogP contribution < -0.4 is 5.43 Å². The second kappa shape index (κ2) is 6.18. The molecular weight excluding hydrogens is 248 g/mol. The SMILES string of the molecule is Cc1cc(=O)c(O)c(CN2CCN(CCO)CC2)o1. The van der Waals surface area contributed by atoms with Crippen LogP contribution in [0.3, 0.4) is 0 Å². The van der Waals surface area contributed by atoms with Crippen molar-refractivity contribution in [2.75, 3.05) is 39.3 Å². The van der Waals surface area contributed by atoms with Crippen LogP contribution in [0, 0.1) is 6.92 Å². The molecule has 2 heterocycles. The highest BCUT2D eigenvalue weighted by molar-refractivity contribution is 5.24. The molecule has 2 rings (SSSR count). The van der Waals surface area contributed by atoms with E-state index in [0.29, 0.717) is 24.6 Å². The van der Waals surface area contributed by atoms with Crippen molar-refractivity contribution in [2.24, 2.45) is 0 Å². The number of piperazine rings is 1. The lowest BCUT2D eigenvalue weighted by atomic mass is 10.2. The molecule has 2 N–H and O–H groups in total. The molecule has 0 saturated carbocycles. The Labute approximate surface area is 111 Å². The summed E-state index contributed by atoms with van der Waals surface area (Å²) in [5.74, 6) is 0.556. The monoisotopic (exact) mass is 268 g/mol. The van der Waals surface area contributed by atoms with Gasteiger partial charge in [-0.25, -0.2) is 0 Å². The zero-order valence-corrected chi connectivity index (χ0v) is 11.1. The summed E-state index contributed by atoms with van der Waals surface area (Å²) in [7, 11) is 0. The Kier molecular flexibility index (Phi) is 4.57. The first-order chi connectivity index (χ1) is 9.10. The molecule has 1 aromatic heterocycles. The Balaban J connectivity index is 1.98. The first-order valence-corrected chi connectivity index (χ1v) is 6.48. The van der Waals surface area contributed by atoms with Crippen LogP contribution in [0.15, 0.2) is 15.3 Å². The van der Waals surface area contributed by atoms with Gasteiger partial charge in [0, 0.05) is 38.8 Å². The van der Waals surface area contributed by atoms with Crippen molar-refractivity contribution < 1.29 is 14.6 Å². The van der Waals surface area contributed by atoms with Crippen molar-refractivity contribution in [2.45, 2.75) is 13.5 Å². The fraction of sp³-hybridized carbons (Fsp3) is 0.615. The van der Waals surface area contributed by atoms with Gasteiger partial charge >= 0.3 is 0 Å². The lowest BCUT2D eigenvalue weighted by molar-refractivity contribution is 0.102. The number of aliphatic hydroxyl groups excluding tert-OH is 1. The molecule has 0 amide bonds. The minimum absolute atomic E-state index is 0.174. The molecule has 6 nitrogen and oxygen atoms in total. The zero-order chi connectivity index (χ0) is 13.8. The molecular formula is C13H20N2O4. The van der Waals surface area contributed by atoms with Gasteiger partial charge in [-0.15, -0.1) is 0 Å². The van der Waals surface area contributed by atoms with Gasteiger partial charge in [-0.05, 0) is 6.92 Å². The van der Waals surface area contributed by atoms with Crippen LogP contribution in [0.25, 0.3) is 0 Å². The third-order valence-corrected chi connectivity index (χ3v) is 3.36. The summed E-state index contributed by atoms with van der Waals surface area (Å²) >= 11 is 0. The topological polar surface area (TPSA) is 77.2 Å². The molecule has 0 aliphatic carbocycles. The molecule has 19 heavy (non-hydrogen) atoms. The van der Waals surface area contributed by atoms with Crippen LogP contribution in [0.4, 0.5) is 0 Å². The first kappa shape index (κ1) is 14.0. The molecule has 0 spiro atoms. The predicted octanol–water partition coefficient (Wildman–Crippen LogP) is -0.236. The smallest absolute Gasteiger partial charge is 0.227 e. The minimum Gasteiger partial charge on any atom is -0.502 e. The predicted molar refractivity (Wildman–Crippen MR) is 70.2 cm³/mol. The number of rotatable bonds is 4. The highest BCUT2D eigenvalue weighted by Crippen LogP contribution is 2.16. The Morgan fingerprint density at radius 2 is 1.89 bits per heavy atom. The summed E-state index contributed by atoms with van der Waals surface area (Å²) in [6, 6.07) is 1.29. The van der Waals surface area contributed by atoms with Gasteiger partial charge in [0.25, 0.3) is 0 Å². The normalized spacial score (nSPS) is 17.8. The van der Waals surface area contributed by atoms with Gasteiger partial charge < -0.3 is 14.6 Å². The number of aromatic hydroxyl groups is 1. The van der Waals surface area contributed by atoms with Gasteiger partial charge in [0.05, 0.1) is 13.2 Å². The maximum atomic E-state index is 11.5. The van der Waals surface area contributed by atoms with E-state index >= 15 is 0 Å². The van der Waals surface area contributed by atoms with Gasteiger partial charge in [0.2, 0.25) is 11.2 Å². The van der Waals surface area contributed by atoms with Crippen molar-refractivity contribution in [1.82, 2.24) is 9.80 Å². The van der Waals surface area contributed by atoms with E-state index in [4.69, 9.17) is 9.52 Å². The highest BCUT2D eigenvalue weighted by Gasteiger charge is 2.19. The number of aryl methyl sites for hydroxylation is 1. The molecule has 0 aromatic carbocycles. The van der Waals surface area contributed by atoms with Gasteiger partial charge in [-0.1, -0.05) is 0 Å². The summed E-state index contributed by atoms with van der Waals surface area (Å²) in [5.41, 5.74) is -0.391. The van der Waals surface area contributed by atoms with Crippen LogP contribution in [0.1, 0.15) is 11.5 Å². The van der Waals surface area contributed by atoms with Crippen LogP contribution in [-0.4, -0.2) is 59.3 Å². The van der Waals surface area contributed by atoms with Crippen molar-refractivity contribution in [3.63, 3.8) is 0 Å². The van der Waals surface area contributed by atoms with E-state index in [0.717, 1.165) is 26.2 Å². The molecule has 0 radical (unpaired) electrons. The van der Waals surface area contributed by atoms with E-state index in [1.165, 1.54) is 6.07 Å². The molecule has 1 aliphatic rings. The van der Waals surface area contributed by atoms with E-state index in [-0.39, 0.29) is 12.4 Å². The third-order valence-electron chi connectivity index (χ3n) is 3.36. The lowest BCUT2D eigenvalue weighted by Crippen LogP contribution is -2.46. The van der Waals surface area contributed by atoms with Crippen molar-refractivity contribution in [1.29, 1.82) is 0 Å². The molecule has 1 fully saturated rings. The van der Waals surface area contributed by atoms with E-state index in [1.54, 1.807) is 6.92 Å². The summed E-state index contributed by atoms with van der Waals surface area (Å²) < 4.78 is 5.42. The van der Waals surface area contributed by atoms with Gasteiger partial charge in [0.1, 0.15) is 5.76 Å². The maximum Gasteiger partial charge on any atom is 0.227 e. The van der Waals surface area contributed by atoms with Crippen molar-refractivity contribution in [3.05, 3.63) is 27.8 Å². The van der Waals surface area contributed by atoms with Crippen LogP contribution in [0.5, 0.6) is 5.75 Å². The average Bonchev–Trinajstić information content (AvgIpc) is 2.38. The molecule has 0 atom stereocenters. The summed E-state index contributed by atoms with van der Waals surface area (Å²) in [5, 5.41) is 18.6. The van der Waals surface area contributed by atoms with E-state index in [9.17, 15) is 9.90 Å². The molecule has 0 unspecified atom stereocenters. The Hall–Kier alpha value is -1.37. The Morgan fingerprint density at radius 3 is 2.53 bits per heavy atom. The Morgan fingerprint density at radius 1 is 1.26 bits per heavy atom. The first-order valence-electron chi connectivity index (χ1n) is 6.48. The molecule has 6 heteroatoms. The maximum absolute atomic E-state index is 11.5. The molecule has 0 bridgehead atoms. The molecule has 1 aromatic rings. The largest absolute Gasteiger partial charge is 0.502 e. The van der Waals surface area contributed by atoms with Crippen LogP contribution in [0.2, 0.25) is 0 Å². The fourth-order valence-corrected chi connectivity index (χ4v) is 2.29. The second-order valence-electron chi connectivity index (χ2n) is 4.83. The van der Waals surface area contributed by atoms with Crippen molar-refractivity contribution in [3.8, 4) is 5.75 Å². The second-order valence-corrected chi connectivity index (χ2v) is 4.83. The van der Waals surface area contributed by atoms with Crippen molar-refractivity contribution >= 4 is 0 Å². The highest BCUT2D eigenvalue weighted by atomic mass is 16.4. The number of hydrogen-bond donors (Lipinski definition) is 2. The quantitative estimate of drug-likeness (QED) is 0.785. The van der Waals surface area contributed by atoms with Crippen LogP contribution >= 0.6 is 0 Å². The number of aliphatic hydroxyl groups is 1. The number of hydrogen-bond acceptors (Lipinski definition) is 6. The van der Waals surface area contributed by atoms with Crippen LogP contribution in [-0.2, 0) is 6.54 Å². The average molecular weight is 268 g/mol.